The molecule has 1 aromatic rings. The second kappa shape index (κ2) is 7.95. The van der Waals surface area contributed by atoms with E-state index >= 15 is 0 Å². The summed E-state index contributed by atoms with van der Waals surface area (Å²) in [5, 5.41) is 0. The quantitative estimate of drug-likeness (QED) is 0.770. The number of carbonyl (C=O) groups is 1. The Kier molecular flexibility index (Phi) is 6.57. The van der Waals surface area contributed by atoms with Gasteiger partial charge in [0.05, 0.1) is 7.11 Å². The zero-order valence-corrected chi connectivity index (χ0v) is 12.2. The number of rotatable bonds is 7. The topological polar surface area (TPSA) is 52.3 Å². The van der Waals surface area contributed by atoms with Crippen LogP contribution in [0.4, 0.5) is 0 Å². The Morgan fingerprint density at radius 3 is 2.74 bits per heavy atom. The Bertz CT molecular complexity index is 403. The molecule has 1 aromatic carbocycles. The third kappa shape index (κ3) is 5.43. The maximum Gasteiger partial charge on any atom is 0.322 e. The molecule has 2 atom stereocenters. The smallest absolute Gasteiger partial charge is 0.322 e. The Hall–Kier alpha value is -1.35. The maximum absolute atomic E-state index is 11.3. The van der Waals surface area contributed by atoms with E-state index in [1.165, 1.54) is 18.2 Å². The summed E-state index contributed by atoms with van der Waals surface area (Å²) in [4.78, 5) is 11.3. The van der Waals surface area contributed by atoms with Gasteiger partial charge in [-0.15, -0.1) is 0 Å². The zero-order chi connectivity index (χ0) is 14.3. The first-order chi connectivity index (χ1) is 9.06. The van der Waals surface area contributed by atoms with Gasteiger partial charge < -0.3 is 10.5 Å². The number of hydrogen-bond acceptors (Lipinski definition) is 3. The van der Waals surface area contributed by atoms with Crippen molar-refractivity contribution in [1.82, 2.24) is 0 Å². The number of hydrogen-bond donors (Lipinski definition) is 1. The van der Waals surface area contributed by atoms with Crippen LogP contribution in [0.15, 0.2) is 24.3 Å². The molecule has 106 valence electrons. The lowest BCUT2D eigenvalue weighted by Crippen LogP contribution is -2.33. The molecule has 0 aliphatic rings. The molecular weight excluding hydrogens is 238 g/mol. The van der Waals surface area contributed by atoms with Gasteiger partial charge in [0.2, 0.25) is 0 Å². The number of esters is 1. The molecule has 0 aliphatic heterocycles. The molecule has 2 unspecified atom stereocenters. The summed E-state index contributed by atoms with van der Waals surface area (Å²) >= 11 is 0. The van der Waals surface area contributed by atoms with Crippen molar-refractivity contribution in [2.24, 2.45) is 11.7 Å². The van der Waals surface area contributed by atoms with Crippen LogP contribution >= 0.6 is 0 Å². The Morgan fingerprint density at radius 2 is 2.16 bits per heavy atom. The lowest BCUT2D eigenvalue weighted by molar-refractivity contribution is -0.142. The van der Waals surface area contributed by atoms with Crippen LogP contribution in [0.3, 0.4) is 0 Å². The largest absolute Gasteiger partial charge is 0.468 e. The number of carbonyl (C=O) groups excluding carboxylic acids is 1. The molecule has 3 nitrogen and oxygen atoms in total. The number of methoxy groups -OCH3 is 1. The molecule has 0 aromatic heterocycles. The van der Waals surface area contributed by atoms with Gasteiger partial charge in [0, 0.05) is 0 Å². The van der Waals surface area contributed by atoms with Gasteiger partial charge in [0.1, 0.15) is 6.04 Å². The second-order valence-electron chi connectivity index (χ2n) is 5.17. The van der Waals surface area contributed by atoms with Crippen molar-refractivity contribution in [3.05, 3.63) is 35.4 Å². The van der Waals surface area contributed by atoms with Gasteiger partial charge >= 0.3 is 5.97 Å². The molecule has 0 spiro atoms. The monoisotopic (exact) mass is 263 g/mol. The van der Waals surface area contributed by atoms with Crippen molar-refractivity contribution in [2.45, 2.75) is 45.6 Å². The third-order valence-corrected chi connectivity index (χ3v) is 3.59. The van der Waals surface area contributed by atoms with Crippen LogP contribution < -0.4 is 5.73 Å². The van der Waals surface area contributed by atoms with E-state index in [1.54, 1.807) is 0 Å². The Morgan fingerprint density at radius 1 is 1.42 bits per heavy atom. The maximum atomic E-state index is 11.3. The van der Waals surface area contributed by atoms with E-state index in [9.17, 15) is 4.79 Å². The molecule has 0 saturated heterocycles. The molecule has 2 N–H and O–H groups in total. The highest BCUT2D eigenvalue weighted by molar-refractivity contribution is 5.75. The zero-order valence-electron chi connectivity index (χ0n) is 12.2. The fraction of sp³-hybridized carbons (Fsp3) is 0.562. The molecule has 3 heteroatoms. The molecule has 0 saturated carbocycles. The average molecular weight is 263 g/mol. The fourth-order valence-electron chi connectivity index (χ4n) is 2.33. The van der Waals surface area contributed by atoms with E-state index in [0.717, 1.165) is 19.3 Å². The summed E-state index contributed by atoms with van der Waals surface area (Å²) < 4.78 is 4.67. The van der Waals surface area contributed by atoms with Crippen LogP contribution in [0.1, 0.15) is 37.3 Å². The van der Waals surface area contributed by atoms with Crippen molar-refractivity contribution < 1.29 is 9.53 Å². The second-order valence-corrected chi connectivity index (χ2v) is 5.17. The van der Waals surface area contributed by atoms with Crippen molar-refractivity contribution in [3.8, 4) is 0 Å². The molecule has 0 amide bonds. The van der Waals surface area contributed by atoms with Crippen LogP contribution in [0.25, 0.3) is 0 Å². The standard InChI is InChI=1S/C16H25NO2/c1-4-13(11-15(17)16(18)19-3)8-9-14-7-5-6-12(2)10-14/h5-7,10,13,15H,4,8-9,11,17H2,1-3H3. The lowest BCUT2D eigenvalue weighted by atomic mass is 9.91. The van der Waals surface area contributed by atoms with E-state index in [1.807, 2.05) is 0 Å². The predicted molar refractivity (Wildman–Crippen MR) is 77.9 cm³/mol. The van der Waals surface area contributed by atoms with Crippen LogP contribution in [-0.2, 0) is 16.0 Å². The van der Waals surface area contributed by atoms with Gasteiger partial charge in [-0.3, -0.25) is 4.79 Å². The van der Waals surface area contributed by atoms with Gasteiger partial charge in [0.25, 0.3) is 0 Å². The summed E-state index contributed by atoms with van der Waals surface area (Å²) in [6.45, 7) is 4.25. The first-order valence-corrected chi connectivity index (χ1v) is 6.95. The molecule has 0 fully saturated rings. The molecule has 0 radical (unpaired) electrons. The summed E-state index contributed by atoms with van der Waals surface area (Å²) in [6.07, 6.45) is 3.84. The minimum Gasteiger partial charge on any atom is -0.468 e. The summed E-state index contributed by atoms with van der Waals surface area (Å²) in [6, 6.07) is 8.07. The fourth-order valence-corrected chi connectivity index (χ4v) is 2.33. The number of ether oxygens (including phenoxy) is 1. The minimum absolute atomic E-state index is 0.311. The highest BCUT2D eigenvalue weighted by atomic mass is 16.5. The van der Waals surface area contributed by atoms with E-state index in [2.05, 4.69) is 42.8 Å². The first kappa shape index (κ1) is 15.7. The van der Waals surface area contributed by atoms with Gasteiger partial charge in [-0.25, -0.2) is 0 Å². The minimum atomic E-state index is -0.493. The normalized spacial score (nSPS) is 13.9. The van der Waals surface area contributed by atoms with E-state index < -0.39 is 6.04 Å². The summed E-state index contributed by atoms with van der Waals surface area (Å²) in [5.74, 6) is 0.156. The first-order valence-electron chi connectivity index (χ1n) is 6.95. The lowest BCUT2D eigenvalue weighted by Gasteiger charge is -2.18. The molecule has 1 rings (SSSR count). The number of nitrogens with two attached hydrogens (primary N) is 1. The van der Waals surface area contributed by atoms with Crippen LogP contribution in [-0.4, -0.2) is 19.1 Å². The average Bonchev–Trinajstić information content (AvgIpc) is 2.42. The van der Waals surface area contributed by atoms with Crippen molar-refractivity contribution in [1.29, 1.82) is 0 Å². The van der Waals surface area contributed by atoms with Crippen LogP contribution in [0, 0.1) is 12.8 Å². The Labute approximate surface area is 116 Å². The van der Waals surface area contributed by atoms with Gasteiger partial charge in [0.15, 0.2) is 0 Å². The predicted octanol–water partition coefficient (Wildman–Crippen LogP) is 2.84. The Balaban J connectivity index is 2.46. The van der Waals surface area contributed by atoms with Crippen molar-refractivity contribution in [2.75, 3.05) is 7.11 Å². The van der Waals surface area contributed by atoms with Gasteiger partial charge in [-0.2, -0.15) is 0 Å². The molecule has 19 heavy (non-hydrogen) atoms. The van der Waals surface area contributed by atoms with E-state index in [0.29, 0.717) is 12.3 Å². The number of benzene rings is 1. The van der Waals surface area contributed by atoms with E-state index in [4.69, 9.17) is 5.73 Å². The summed E-state index contributed by atoms with van der Waals surface area (Å²) in [7, 11) is 1.38. The number of aryl methyl sites for hydroxylation is 2. The SMILES string of the molecule is CCC(CCc1cccc(C)c1)CC(N)C(=O)OC. The highest BCUT2D eigenvalue weighted by Gasteiger charge is 2.18. The molecule has 0 heterocycles. The summed E-state index contributed by atoms with van der Waals surface area (Å²) in [5.41, 5.74) is 8.46. The van der Waals surface area contributed by atoms with Crippen molar-refractivity contribution >= 4 is 5.97 Å². The molecule has 0 aliphatic carbocycles. The van der Waals surface area contributed by atoms with Crippen molar-refractivity contribution in [3.63, 3.8) is 0 Å². The molecular formula is C16H25NO2. The third-order valence-electron chi connectivity index (χ3n) is 3.59. The molecule has 0 bridgehead atoms. The van der Waals surface area contributed by atoms with Crippen LogP contribution in [0.2, 0.25) is 0 Å². The highest BCUT2D eigenvalue weighted by Crippen LogP contribution is 2.19. The van der Waals surface area contributed by atoms with Gasteiger partial charge in [-0.05, 0) is 37.7 Å². The van der Waals surface area contributed by atoms with Gasteiger partial charge in [-0.1, -0.05) is 43.2 Å². The van der Waals surface area contributed by atoms with E-state index in [-0.39, 0.29) is 5.97 Å². The van der Waals surface area contributed by atoms with Crippen LogP contribution in [0.5, 0.6) is 0 Å².